The van der Waals surface area contributed by atoms with Gasteiger partial charge >= 0.3 is 11.9 Å². The van der Waals surface area contributed by atoms with E-state index in [0.29, 0.717) is 17.7 Å². The fraction of sp³-hybridized carbons (Fsp3) is 0.467. The first-order chi connectivity index (χ1) is 9.06. The highest BCUT2D eigenvalue weighted by Gasteiger charge is 2.13. The predicted molar refractivity (Wildman–Crippen MR) is 71.9 cm³/mol. The zero-order chi connectivity index (χ0) is 14.3. The van der Waals surface area contributed by atoms with E-state index in [1.165, 1.54) is 0 Å². The fourth-order valence-corrected chi connectivity index (χ4v) is 1.45. The summed E-state index contributed by atoms with van der Waals surface area (Å²) in [5.41, 5.74) is 0.664. The second kappa shape index (κ2) is 7.56. The van der Waals surface area contributed by atoms with Gasteiger partial charge in [0.15, 0.2) is 0 Å². The van der Waals surface area contributed by atoms with Crippen LogP contribution in [0, 0.1) is 0 Å². The van der Waals surface area contributed by atoms with Crippen molar-refractivity contribution in [2.24, 2.45) is 0 Å². The Kier molecular flexibility index (Phi) is 6.06. The molecule has 4 heteroatoms. The summed E-state index contributed by atoms with van der Waals surface area (Å²) in [5.74, 6) is -0.201. The number of hydrogen-bond acceptors (Lipinski definition) is 4. The molecule has 104 valence electrons. The van der Waals surface area contributed by atoms with Crippen molar-refractivity contribution in [2.45, 2.75) is 46.1 Å². The highest BCUT2D eigenvalue weighted by atomic mass is 16.5. The average Bonchev–Trinajstić information content (AvgIpc) is 2.40. The van der Waals surface area contributed by atoms with E-state index in [0.717, 1.165) is 6.42 Å². The number of para-hydroxylation sites is 1. The summed E-state index contributed by atoms with van der Waals surface area (Å²) >= 11 is 0. The van der Waals surface area contributed by atoms with Crippen molar-refractivity contribution in [3.63, 3.8) is 0 Å². The van der Waals surface area contributed by atoms with Crippen molar-refractivity contribution in [1.29, 1.82) is 0 Å². The molecule has 1 atom stereocenters. The van der Waals surface area contributed by atoms with Crippen LogP contribution in [0.1, 0.15) is 39.2 Å². The van der Waals surface area contributed by atoms with Gasteiger partial charge in [-0.1, -0.05) is 32.0 Å². The highest BCUT2D eigenvalue weighted by molar-refractivity contribution is 5.76. The lowest BCUT2D eigenvalue weighted by Crippen LogP contribution is -2.16. The van der Waals surface area contributed by atoms with Gasteiger partial charge in [0, 0.05) is 12.0 Å². The Morgan fingerprint density at radius 2 is 1.84 bits per heavy atom. The molecule has 1 rings (SSSR count). The lowest BCUT2D eigenvalue weighted by atomic mass is 10.1. The number of benzene rings is 1. The summed E-state index contributed by atoms with van der Waals surface area (Å²) in [7, 11) is 0. The van der Waals surface area contributed by atoms with E-state index in [1.807, 2.05) is 13.8 Å². The summed E-state index contributed by atoms with van der Waals surface area (Å²) in [6, 6.07) is 7.01. The van der Waals surface area contributed by atoms with Crippen LogP contribution in [0.15, 0.2) is 24.3 Å². The maximum Gasteiger partial charge on any atom is 0.310 e. The molecule has 0 aliphatic heterocycles. The molecule has 0 heterocycles. The first kappa shape index (κ1) is 15.2. The van der Waals surface area contributed by atoms with Gasteiger partial charge in [0.25, 0.3) is 0 Å². The molecular weight excluding hydrogens is 244 g/mol. The number of carbonyl (C=O) groups excluding carboxylic acids is 2. The van der Waals surface area contributed by atoms with E-state index in [1.54, 1.807) is 31.2 Å². The molecule has 0 aliphatic carbocycles. The maximum absolute atomic E-state index is 11.7. The van der Waals surface area contributed by atoms with Crippen molar-refractivity contribution < 1.29 is 19.1 Å². The van der Waals surface area contributed by atoms with Crippen LogP contribution in [0.2, 0.25) is 0 Å². The van der Waals surface area contributed by atoms with E-state index in [-0.39, 0.29) is 24.5 Å². The van der Waals surface area contributed by atoms with Gasteiger partial charge in [0.05, 0.1) is 12.5 Å². The number of rotatable bonds is 6. The monoisotopic (exact) mass is 264 g/mol. The number of hydrogen-bond donors (Lipinski definition) is 0. The Hall–Kier alpha value is -1.84. The first-order valence-corrected chi connectivity index (χ1v) is 6.54. The molecule has 0 saturated carbocycles. The van der Waals surface area contributed by atoms with Gasteiger partial charge < -0.3 is 9.47 Å². The lowest BCUT2D eigenvalue weighted by Gasteiger charge is -2.12. The minimum absolute atomic E-state index is 0.0992. The van der Waals surface area contributed by atoms with Crippen LogP contribution in [-0.2, 0) is 20.7 Å². The molecule has 0 aromatic heterocycles. The van der Waals surface area contributed by atoms with Crippen LogP contribution in [0.4, 0.5) is 0 Å². The Balaban J connectivity index is 2.72. The second-order valence-electron chi connectivity index (χ2n) is 4.32. The molecule has 4 nitrogen and oxygen atoms in total. The minimum atomic E-state index is -0.317. The van der Waals surface area contributed by atoms with E-state index >= 15 is 0 Å². The molecule has 1 aromatic rings. The second-order valence-corrected chi connectivity index (χ2v) is 4.32. The molecule has 0 aliphatic rings. The van der Waals surface area contributed by atoms with Crippen LogP contribution in [0.5, 0.6) is 5.75 Å². The van der Waals surface area contributed by atoms with E-state index in [9.17, 15) is 9.59 Å². The standard InChI is InChI=1S/C15H20O4/c1-4-11(3)18-15(17)10-12-8-6-7-9-13(12)19-14(16)5-2/h6-9,11H,4-5,10H2,1-3H3. The van der Waals surface area contributed by atoms with Crippen LogP contribution >= 0.6 is 0 Å². The SMILES string of the molecule is CCC(=O)Oc1ccccc1CC(=O)OC(C)CC. The summed E-state index contributed by atoms with van der Waals surface area (Å²) < 4.78 is 10.4. The van der Waals surface area contributed by atoms with Crippen molar-refractivity contribution in [1.82, 2.24) is 0 Å². The largest absolute Gasteiger partial charge is 0.462 e. The van der Waals surface area contributed by atoms with E-state index in [2.05, 4.69) is 0 Å². The molecule has 0 spiro atoms. The third-order valence-electron chi connectivity index (χ3n) is 2.73. The van der Waals surface area contributed by atoms with Gasteiger partial charge in [0.1, 0.15) is 5.75 Å². The molecule has 1 aromatic carbocycles. The molecule has 0 fully saturated rings. The first-order valence-electron chi connectivity index (χ1n) is 6.54. The smallest absolute Gasteiger partial charge is 0.310 e. The molecule has 1 unspecified atom stereocenters. The molecule has 0 radical (unpaired) electrons. The highest BCUT2D eigenvalue weighted by Crippen LogP contribution is 2.19. The van der Waals surface area contributed by atoms with Gasteiger partial charge in [0.2, 0.25) is 0 Å². The summed E-state index contributed by atoms with van der Waals surface area (Å²) in [5, 5.41) is 0. The van der Waals surface area contributed by atoms with Crippen molar-refractivity contribution >= 4 is 11.9 Å². The minimum Gasteiger partial charge on any atom is -0.462 e. The molecular formula is C15H20O4. The van der Waals surface area contributed by atoms with Crippen molar-refractivity contribution in [2.75, 3.05) is 0 Å². The van der Waals surface area contributed by atoms with Crippen LogP contribution < -0.4 is 4.74 Å². The lowest BCUT2D eigenvalue weighted by molar-refractivity contribution is -0.147. The molecule has 0 N–H and O–H groups in total. The summed E-state index contributed by atoms with van der Waals surface area (Å²) in [6.07, 6.45) is 1.08. The Morgan fingerprint density at radius 3 is 2.47 bits per heavy atom. The van der Waals surface area contributed by atoms with Gasteiger partial charge in [-0.25, -0.2) is 0 Å². The third kappa shape index (κ3) is 5.12. The predicted octanol–water partition coefficient (Wildman–Crippen LogP) is 2.89. The van der Waals surface area contributed by atoms with Gasteiger partial charge in [-0.3, -0.25) is 9.59 Å². The van der Waals surface area contributed by atoms with Crippen molar-refractivity contribution in [3.05, 3.63) is 29.8 Å². The van der Waals surface area contributed by atoms with Crippen molar-refractivity contribution in [3.8, 4) is 5.75 Å². The van der Waals surface area contributed by atoms with Crippen LogP contribution in [0.25, 0.3) is 0 Å². The molecule has 0 amide bonds. The Morgan fingerprint density at radius 1 is 1.16 bits per heavy atom. The number of carbonyl (C=O) groups is 2. The maximum atomic E-state index is 11.7. The molecule has 0 saturated heterocycles. The number of esters is 2. The third-order valence-corrected chi connectivity index (χ3v) is 2.73. The zero-order valence-corrected chi connectivity index (χ0v) is 11.6. The quantitative estimate of drug-likeness (QED) is 0.585. The summed E-state index contributed by atoms with van der Waals surface area (Å²) in [6.45, 7) is 5.53. The topological polar surface area (TPSA) is 52.6 Å². The van der Waals surface area contributed by atoms with Crippen LogP contribution in [0.3, 0.4) is 0 Å². The van der Waals surface area contributed by atoms with Gasteiger partial charge in [-0.15, -0.1) is 0 Å². The van der Waals surface area contributed by atoms with Crippen LogP contribution in [-0.4, -0.2) is 18.0 Å². The zero-order valence-electron chi connectivity index (χ0n) is 11.6. The Bertz CT molecular complexity index is 440. The number of ether oxygens (including phenoxy) is 2. The van der Waals surface area contributed by atoms with E-state index < -0.39 is 0 Å². The molecule has 0 bridgehead atoms. The Labute approximate surface area is 113 Å². The summed E-state index contributed by atoms with van der Waals surface area (Å²) in [4.78, 5) is 23.0. The van der Waals surface area contributed by atoms with Gasteiger partial charge in [-0.2, -0.15) is 0 Å². The normalized spacial score (nSPS) is 11.7. The molecule has 19 heavy (non-hydrogen) atoms. The average molecular weight is 264 g/mol. The van der Waals surface area contributed by atoms with Gasteiger partial charge in [-0.05, 0) is 19.4 Å². The van der Waals surface area contributed by atoms with E-state index in [4.69, 9.17) is 9.47 Å². The fourth-order valence-electron chi connectivity index (χ4n) is 1.45.